The molecule has 0 aromatic heterocycles. The normalized spacial score (nSPS) is 20.7. The number of allylic oxidation sites excluding steroid dienone is 2. The number of nitrogens with zero attached hydrogens (tertiary/aromatic N) is 3. The summed E-state index contributed by atoms with van der Waals surface area (Å²) in [6.45, 7) is 12.0. The molecule has 2 aliphatic rings. The highest BCUT2D eigenvalue weighted by molar-refractivity contribution is 5.99. The highest BCUT2D eigenvalue weighted by Gasteiger charge is 2.28. The Bertz CT molecular complexity index is 1120. The van der Waals surface area contributed by atoms with Gasteiger partial charge in [0.25, 0.3) is 0 Å². The smallest absolute Gasteiger partial charge is 0.117 e. The average molecular weight is 485 g/mol. The topological polar surface area (TPSA) is 30.9 Å². The van der Waals surface area contributed by atoms with E-state index in [1.807, 2.05) is 14.1 Å². The number of nitrogens with one attached hydrogen (secondary N) is 1. The number of aliphatic imine (C=N–C) groups is 1. The quantitative estimate of drug-likeness (QED) is 0.339. The third-order valence-corrected chi connectivity index (χ3v) is 8.01. The number of hydrogen-bond acceptors (Lipinski definition) is 3. The first-order chi connectivity index (χ1) is 17.4. The van der Waals surface area contributed by atoms with Gasteiger partial charge in [0.05, 0.1) is 6.54 Å². The summed E-state index contributed by atoms with van der Waals surface area (Å²) in [5.74, 6) is 1.07. The van der Waals surface area contributed by atoms with Crippen LogP contribution in [0.4, 0.5) is 5.69 Å². The number of anilines is 1. The van der Waals surface area contributed by atoms with Gasteiger partial charge in [0, 0.05) is 37.9 Å². The molecule has 4 heteroatoms. The number of para-hydroxylation sites is 1. The van der Waals surface area contributed by atoms with E-state index < -0.39 is 0 Å². The number of hydrogen-bond donors (Lipinski definition) is 1. The lowest BCUT2D eigenvalue weighted by molar-refractivity contribution is 0.179. The van der Waals surface area contributed by atoms with Gasteiger partial charge >= 0.3 is 0 Å². The highest BCUT2D eigenvalue weighted by atomic mass is 15.3. The zero-order valence-electron chi connectivity index (χ0n) is 23.1. The molecule has 0 saturated heterocycles. The maximum absolute atomic E-state index is 4.61. The molecule has 4 rings (SSSR count). The second-order valence-electron chi connectivity index (χ2n) is 10.5. The molecule has 1 saturated carbocycles. The monoisotopic (exact) mass is 484 g/mol. The van der Waals surface area contributed by atoms with E-state index in [2.05, 4.69) is 102 Å². The van der Waals surface area contributed by atoms with E-state index in [0.29, 0.717) is 12.1 Å². The first-order valence-electron chi connectivity index (χ1n) is 13.6. The van der Waals surface area contributed by atoms with E-state index >= 15 is 0 Å². The molecule has 1 N–H and O–H groups in total. The lowest BCUT2D eigenvalue weighted by atomic mass is 9.81. The van der Waals surface area contributed by atoms with Gasteiger partial charge in [-0.25, -0.2) is 0 Å². The molecule has 1 aliphatic heterocycles. The standard InChI is InChI=1S/C32H44N4/c1-23-15-16-30(31(19-23)26(4)27-11-10-12-27)28-20-24(2)35(25(3)21-28)17-18-36(32(34-6)22-33-5)29-13-8-7-9-14-29/h7-9,13-16,19-20,24-25,33H,10-12,17-18,21-22H2,1-6H3. The van der Waals surface area contributed by atoms with E-state index in [1.165, 1.54) is 52.8 Å². The van der Waals surface area contributed by atoms with E-state index in [4.69, 9.17) is 0 Å². The molecular formula is C32H44N4. The maximum atomic E-state index is 4.61. The summed E-state index contributed by atoms with van der Waals surface area (Å²) >= 11 is 0. The third kappa shape index (κ3) is 5.82. The Labute approximate surface area is 218 Å². The molecule has 0 bridgehead atoms. The molecule has 1 fully saturated rings. The van der Waals surface area contributed by atoms with Gasteiger partial charge in [0.1, 0.15) is 5.84 Å². The van der Waals surface area contributed by atoms with Gasteiger partial charge in [-0.1, -0.05) is 53.6 Å². The van der Waals surface area contributed by atoms with Crippen molar-refractivity contribution in [3.63, 3.8) is 0 Å². The Hall–Kier alpha value is -2.69. The second-order valence-corrected chi connectivity index (χ2v) is 10.5. The average Bonchev–Trinajstić information content (AvgIpc) is 2.84. The van der Waals surface area contributed by atoms with Crippen molar-refractivity contribution in [1.82, 2.24) is 10.2 Å². The van der Waals surface area contributed by atoms with Crippen LogP contribution in [0.1, 0.15) is 63.1 Å². The summed E-state index contributed by atoms with van der Waals surface area (Å²) in [6, 6.07) is 18.6. The van der Waals surface area contributed by atoms with Crippen LogP contribution in [-0.4, -0.2) is 56.5 Å². The lowest BCUT2D eigenvalue weighted by Gasteiger charge is -2.40. The van der Waals surface area contributed by atoms with Crippen molar-refractivity contribution >= 4 is 22.7 Å². The predicted molar refractivity (Wildman–Crippen MR) is 157 cm³/mol. The van der Waals surface area contributed by atoms with Crippen LogP contribution in [0.25, 0.3) is 11.1 Å². The van der Waals surface area contributed by atoms with Crippen molar-refractivity contribution in [1.29, 1.82) is 0 Å². The first-order valence-corrected chi connectivity index (χ1v) is 13.6. The predicted octanol–water partition coefficient (Wildman–Crippen LogP) is 6.57. The zero-order valence-corrected chi connectivity index (χ0v) is 23.1. The molecule has 1 aliphatic carbocycles. The molecule has 0 spiro atoms. The molecule has 2 unspecified atom stereocenters. The van der Waals surface area contributed by atoms with Gasteiger partial charge in [0.2, 0.25) is 0 Å². The molecule has 192 valence electrons. The number of likely N-dealkylation sites (N-methyl/N-ethyl adjacent to an activating group) is 1. The van der Waals surface area contributed by atoms with Crippen LogP contribution in [0.15, 0.2) is 65.2 Å². The molecule has 0 radical (unpaired) electrons. The van der Waals surface area contributed by atoms with Crippen LogP contribution in [-0.2, 0) is 0 Å². The van der Waals surface area contributed by atoms with E-state index in [1.54, 1.807) is 5.57 Å². The van der Waals surface area contributed by atoms with Crippen molar-refractivity contribution in [3.05, 3.63) is 76.9 Å². The van der Waals surface area contributed by atoms with Crippen molar-refractivity contribution in [3.8, 4) is 0 Å². The van der Waals surface area contributed by atoms with E-state index in [9.17, 15) is 0 Å². The van der Waals surface area contributed by atoms with Crippen LogP contribution >= 0.6 is 0 Å². The maximum Gasteiger partial charge on any atom is 0.117 e. The van der Waals surface area contributed by atoms with Gasteiger partial charge < -0.3 is 10.2 Å². The van der Waals surface area contributed by atoms with Crippen molar-refractivity contribution in [2.24, 2.45) is 4.99 Å². The van der Waals surface area contributed by atoms with Crippen LogP contribution in [0.3, 0.4) is 0 Å². The molecule has 2 atom stereocenters. The van der Waals surface area contributed by atoms with Crippen LogP contribution in [0.5, 0.6) is 0 Å². The largest absolute Gasteiger partial charge is 0.328 e. The Morgan fingerprint density at radius 3 is 2.47 bits per heavy atom. The molecule has 1 heterocycles. The van der Waals surface area contributed by atoms with Crippen molar-refractivity contribution in [2.45, 2.75) is 65.5 Å². The fourth-order valence-electron chi connectivity index (χ4n) is 5.77. The molecule has 4 nitrogen and oxygen atoms in total. The minimum Gasteiger partial charge on any atom is -0.328 e. The minimum atomic E-state index is 0.388. The van der Waals surface area contributed by atoms with Crippen LogP contribution in [0.2, 0.25) is 0 Å². The highest BCUT2D eigenvalue weighted by Crippen LogP contribution is 2.39. The van der Waals surface area contributed by atoms with Crippen LogP contribution in [0, 0.1) is 6.92 Å². The summed E-state index contributed by atoms with van der Waals surface area (Å²) in [5, 5.41) is 3.28. The number of benzene rings is 2. The number of rotatable bonds is 8. The summed E-state index contributed by atoms with van der Waals surface area (Å²) in [6.07, 6.45) is 7.49. The van der Waals surface area contributed by atoms with Crippen LogP contribution < -0.4 is 10.2 Å². The van der Waals surface area contributed by atoms with E-state index in [0.717, 1.165) is 31.9 Å². The molecular weight excluding hydrogens is 440 g/mol. The Morgan fingerprint density at radius 1 is 1.11 bits per heavy atom. The Balaban J connectivity index is 1.56. The Morgan fingerprint density at radius 2 is 1.86 bits per heavy atom. The van der Waals surface area contributed by atoms with Gasteiger partial charge in [-0.3, -0.25) is 9.89 Å². The molecule has 2 aromatic rings. The molecule has 0 amide bonds. The lowest BCUT2D eigenvalue weighted by Crippen LogP contribution is -2.48. The Kier molecular flexibility index (Phi) is 8.81. The summed E-state index contributed by atoms with van der Waals surface area (Å²) in [4.78, 5) is 9.63. The summed E-state index contributed by atoms with van der Waals surface area (Å²) in [5.41, 5.74) is 10.1. The number of amidine groups is 1. The van der Waals surface area contributed by atoms with Gasteiger partial charge in [-0.2, -0.15) is 0 Å². The molecule has 36 heavy (non-hydrogen) atoms. The van der Waals surface area contributed by atoms with Gasteiger partial charge in [0.15, 0.2) is 0 Å². The summed E-state index contributed by atoms with van der Waals surface area (Å²) in [7, 11) is 3.88. The van der Waals surface area contributed by atoms with Crippen molar-refractivity contribution < 1.29 is 0 Å². The van der Waals surface area contributed by atoms with Gasteiger partial charge in [-0.05, 0) is 94.8 Å². The molecule has 2 aromatic carbocycles. The second kappa shape index (κ2) is 12.0. The van der Waals surface area contributed by atoms with Gasteiger partial charge in [-0.15, -0.1) is 0 Å². The SMILES string of the molecule is CN=C(CNC)N(CCN1C(C)C=C(c2ccc(C)cc2C(C)=C2CCC2)CC1C)c1ccccc1. The third-order valence-electron chi connectivity index (χ3n) is 8.01. The number of aryl methyl sites for hydroxylation is 1. The summed E-state index contributed by atoms with van der Waals surface area (Å²) < 4.78 is 0. The minimum absolute atomic E-state index is 0.388. The van der Waals surface area contributed by atoms with Crippen molar-refractivity contribution in [2.75, 3.05) is 38.6 Å². The fraction of sp³-hybridized carbons (Fsp3) is 0.469. The fourth-order valence-corrected chi connectivity index (χ4v) is 5.77. The first kappa shape index (κ1) is 26.4. The zero-order chi connectivity index (χ0) is 25.7. The van der Waals surface area contributed by atoms with E-state index in [-0.39, 0.29) is 0 Å².